The van der Waals surface area contributed by atoms with Crippen molar-refractivity contribution in [2.45, 2.75) is 25.5 Å². The number of hydrogen-bond donors (Lipinski definition) is 1. The summed E-state index contributed by atoms with van der Waals surface area (Å²) in [7, 11) is 1.66. The van der Waals surface area contributed by atoms with E-state index in [-0.39, 0.29) is 12.3 Å². The maximum atomic E-state index is 10.8. The first-order valence-corrected chi connectivity index (χ1v) is 6.58. The quantitative estimate of drug-likeness (QED) is 0.837. The fraction of sp³-hybridized carbons (Fsp3) is 0.400. The second kappa shape index (κ2) is 8.86. The lowest BCUT2D eigenvalue weighted by molar-refractivity contribution is -0.145. The molecular weight excluding hydrogens is 274 g/mol. The van der Waals surface area contributed by atoms with E-state index in [0.717, 1.165) is 5.56 Å². The van der Waals surface area contributed by atoms with Crippen molar-refractivity contribution in [3.05, 3.63) is 35.9 Å². The molecule has 1 aromatic carbocycles. The van der Waals surface area contributed by atoms with Gasteiger partial charge in [0.2, 0.25) is 0 Å². The van der Waals surface area contributed by atoms with Crippen LogP contribution in [0.4, 0.5) is 0 Å². The Morgan fingerprint density at radius 1 is 1.43 bits per heavy atom. The van der Waals surface area contributed by atoms with Crippen LogP contribution >= 0.6 is 0 Å². The molecule has 1 unspecified atom stereocenters. The number of ketones is 1. The van der Waals surface area contributed by atoms with Gasteiger partial charge in [-0.3, -0.25) is 19.3 Å². The molecule has 1 N–H and O–H groups in total. The zero-order valence-electron chi connectivity index (χ0n) is 11.9. The number of likely N-dealkylation sites (N-methyl/N-ethyl adjacent to an activating group) is 1. The first kappa shape index (κ1) is 16.8. The SMILES string of the molecule is CN1CC(=O)CCC1C(=O)O.O=COCc1ccccc1. The van der Waals surface area contributed by atoms with Gasteiger partial charge in [-0.25, -0.2) is 0 Å². The fourth-order valence-electron chi connectivity index (χ4n) is 2.00. The number of carboxylic acids is 1. The summed E-state index contributed by atoms with van der Waals surface area (Å²) in [6.45, 7) is 1.09. The van der Waals surface area contributed by atoms with Gasteiger partial charge in [0.15, 0.2) is 0 Å². The lowest BCUT2D eigenvalue weighted by Gasteiger charge is -2.27. The number of carbonyl (C=O) groups excluding carboxylic acids is 2. The molecule has 1 atom stereocenters. The van der Waals surface area contributed by atoms with Crippen LogP contribution in [0.1, 0.15) is 18.4 Å². The number of ether oxygens (including phenoxy) is 1. The van der Waals surface area contributed by atoms with Crippen molar-refractivity contribution >= 4 is 18.2 Å². The molecule has 114 valence electrons. The second-order valence-electron chi connectivity index (χ2n) is 4.74. The third kappa shape index (κ3) is 6.18. The molecule has 0 aliphatic carbocycles. The monoisotopic (exact) mass is 293 g/mol. The summed E-state index contributed by atoms with van der Waals surface area (Å²) in [5, 5.41) is 8.64. The van der Waals surface area contributed by atoms with Crippen molar-refractivity contribution in [2.75, 3.05) is 13.6 Å². The molecule has 1 aromatic rings. The number of hydrogen-bond acceptors (Lipinski definition) is 5. The average Bonchev–Trinajstić information content (AvgIpc) is 2.46. The molecule has 0 spiro atoms. The highest BCUT2D eigenvalue weighted by Crippen LogP contribution is 2.12. The van der Waals surface area contributed by atoms with Crippen molar-refractivity contribution in [3.63, 3.8) is 0 Å². The Kier molecular flexibility index (Phi) is 7.11. The predicted octanol–water partition coefficient (Wildman–Crippen LogP) is 1.09. The van der Waals surface area contributed by atoms with Crippen molar-refractivity contribution in [3.8, 4) is 0 Å². The van der Waals surface area contributed by atoms with Crippen LogP contribution in [-0.2, 0) is 25.7 Å². The van der Waals surface area contributed by atoms with Crippen molar-refractivity contribution < 1.29 is 24.2 Å². The largest absolute Gasteiger partial charge is 0.480 e. The zero-order valence-corrected chi connectivity index (χ0v) is 11.9. The molecule has 0 radical (unpaired) electrons. The van der Waals surface area contributed by atoms with Gasteiger partial charge in [0.25, 0.3) is 6.47 Å². The molecule has 1 aliphatic rings. The maximum absolute atomic E-state index is 10.8. The first-order valence-electron chi connectivity index (χ1n) is 6.58. The number of piperidine rings is 1. The number of carboxylic acid groups (broad SMARTS) is 1. The van der Waals surface area contributed by atoms with Crippen molar-refractivity contribution in [1.82, 2.24) is 4.90 Å². The number of likely N-dealkylation sites (tertiary alicyclic amines) is 1. The summed E-state index contributed by atoms with van der Waals surface area (Å²) >= 11 is 0. The predicted molar refractivity (Wildman–Crippen MR) is 75.6 cm³/mol. The van der Waals surface area contributed by atoms with E-state index in [9.17, 15) is 14.4 Å². The lowest BCUT2D eigenvalue weighted by atomic mass is 10.0. The molecule has 2 rings (SSSR count). The molecule has 1 fully saturated rings. The molecule has 0 saturated carbocycles. The van der Waals surface area contributed by atoms with Crippen LogP contribution in [0.15, 0.2) is 30.3 Å². The van der Waals surface area contributed by atoms with Gasteiger partial charge in [0.1, 0.15) is 18.4 Å². The highest BCUT2D eigenvalue weighted by atomic mass is 16.5. The van der Waals surface area contributed by atoms with Crippen LogP contribution in [0.2, 0.25) is 0 Å². The van der Waals surface area contributed by atoms with E-state index in [1.807, 2.05) is 30.3 Å². The molecule has 1 heterocycles. The van der Waals surface area contributed by atoms with Crippen molar-refractivity contribution in [1.29, 1.82) is 0 Å². The van der Waals surface area contributed by atoms with Crippen LogP contribution in [0, 0.1) is 0 Å². The Bertz CT molecular complexity index is 474. The van der Waals surface area contributed by atoms with Crippen molar-refractivity contribution in [2.24, 2.45) is 0 Å². The van der Waals surface area contributed by atoms with E-state index in [2.05, 4.69) is 4.74 Å². The third-order valence-corrected chi connectivity index (χ3v) is 3.10. The molecule has 0 amide bonds. The minimum atomic E-state index is -0.833. The maximum Gasteiger partial charge on any atom is 0.320 e. The van der Waals surface area contributed by atoms with Gasteiger partial charge in [-0.1, -0.05) is 30.3 Å². The Morgan fingerprint density at radius 3 is 2.62 bits per heavy atom. The first-order chi connectivity index (χ1) is 10.0. The summed E-state index contributed by atoms with van der Waals surface area (Å²) < 4.78 is 4.54. The number of carbonyl (C=O) groups is 3. The van der Waals surface area contributed by atoms with Crippen LogP contribution in [0.5, 0.6) is 0 Å². The average molecular weight is 293 g/mol. The van der Waals surface area contributed by atoms with Gasteiger partial charge in [0.05, 0.1) is 6.54 Å². The van der Waals surface area contributed by atoms with Gasteiger partial charge < -0.3 is 9.84 Å². The minimum absolute atomic E-state index is 0.130. The zero-order chi connectivity index (χ0) is 15.7. The Labute approximate surface area is 123 Å². The van der Waals surface area contributed by atoms with Gasteiger partial charge in [-0.15, -0.1) is 0 Å². The van der Waals surface area contributed by atoms with E-state index in [0.29, 0.717) is 25.9 Å². The number of aliphatic carboxylic acids is 1. The minimum Gasteiger partial charge on any atom is -0.480 e. The topological polar surface area (TPSA) is 83.9 Å². The van der Waals surface area contributed by atoms with E-state index in [1.54, 1.807) is 11.9 Å². The van der Waals surface area contributed by atoms with Crippen LogP contribution in [0.25, 0.3) is 0 Å². The number of benzene rings is 1. The highest BCUT2D eigenvalue weighted by molar-refractivity contribution is 5.84. The van der Waals surface area contributed by atoms with Crippen LogP contribution in [0.3, 0.4) is 0 Å². The number of rotatable bonds is 4. The van der Waals surface area contributed by atoms with Gasteiger partial charge >= 0.3 is 5.97 Å². The highest BCUT2D eigenvalue weighted by Gasteiger charge is 2.28. The number of nitrogens with zero attached hydrogens (tertiary/aromatic N) is 1. The van der Waals surface area contributed by atoms with Gasteiger partial charge in [0, 0.05) is 6.42 Å². The summed E-state index contributed by atoms with van der Waals surface area (Å²) in [5.74, 6) is -0.704. The Morgan fingerprint density at radius 2 is 2.10 bits per heavy atom. The summed E-state index contributed by atoms with van der Waals surface area (Å²) in [5.41, 5.74) is 1.01. The summed E-state index contributed by atoms with van der Waals surface area (Å²) in [4.78, 5) is 32.7. The summed E-state index contributed by atoms with van der Waals surface area (Å²) in [6, 6.07) is 9.08. The van der Waals surface area contributed by atoms with E-state index < -0.39 is 12.0 Å². The number of Topliss-reactive ketones (excluding diaryl/α,β-unsaturated/α-hetero) is 1. The summed E-state index contributed by atoms with van der Waals surface area (Å²) in [6.07, 6.45) is 0.853. The fourth-order valence-corrected chi connectivity index (χ4v) is 2.00. The smallest absolute Gasteiger partial charge is 0.320 e. The molecule has 6 nitrogen and oxygen atoms in total. The van der Waals surface area contributed by atoms with Gasteiger partial charge in [-0.05, 0) is 19.0 Å². The molecule has 0 aromatic heterocycles. The Balaban J connectivity index is 0.000000211. The molecule has 6 heteroatoms. The third-order valence-electron chi connectivity index (χ3n) is 3.10. The van der Waals surface area contributed by atoms with E-state index in [4.69, 9.17) is 5.11 Å². The molecule has 1 aliphatic heterocycles. The van der Waals surface area contributed by atoms with Crippen LogP contribution in [-0.4, -0.2) is 47.9 Å². The van der Waals surface area contributed by atoms with Gasteiger partial charge in [-0.2, -0.15) is 0 Å². The van der Waals surface area contributed by atoms with Crippen LogP contribution < -0.4 is 0 Å². The lowest BCUT2D eigenvalue weighted by Crippen LogP contribution is -2.45. The van der Waals surface area contributed by atoms with E-state index in [1.165, 1.54) is 0 Å². The molecule has 1 saturated heterocycles. The molecule has 21 heavy (non-hydrogen) atoms. The van der Waals surface area contributed by atoms with E-state index >= 15 is 0 Å². The molecule has 0 bridgehead atoms. The Hall–Kier alpha value is -2.21. The molecular formula is C15H19NO5. The standard InChI is InChI=1S/C8H8O2.C7H11NO3/c9-7-10-6-8-4-2-1-3-5-8;1-8-4-5(9)2-3-6(8)7(10)11/h1-5,7H,6H2;6H,2-4H2,1H3,(H,10,11). The second-order valence-corrected chi connectivity index (χ2v) is 4.74. The normalized spacial score (nSPS) is 18.3.